The van der Waals surface area contributed by atoms with Crippen molar-refractivity contribution in [3.8, 4) is 0 Å². The van der Waals surface area contributed by atoms with Gasteiger partial charge < -0.3 is 4.90 Å². The summed E-state index contributed by atoms with van der Waals surface area (Å²) >= 11 is 0. The van der Waals surface area contributed by atoms with E-state index < -0.39 is 0 Å². The number of hydrogen-bond acceptors (Lipinski definition) is 3. The Morgan fingerprint density at radius 3 is 2.84 bits per heavy atom. The predicted molar refractivity (Wildman–Crippen MR) is 98.3 cm³/mol. The van der Waals surface area contributed by atoms with Crippen LogP contribution in [0, 0.1) is 5.92 Å². The molecule has 4 rings (SSSR count). The Morgan fingerprint density at radius 1 is 1.08 bits per heavy atom. The normalized spacial score (nSPS) is 17.6. The number of aromatic nitrogens is 2. The maximum Gasteiger partial charge on any atom is 0.253 e. The van der Waals surface area contributed by atoms with Crippen LogP contribution in [0.3, 0.4) is 0 Å². The van der Waals surface area contributed by atoms with Crippen LogP contribution in [0.2, 0.25) is 0 Å². The van der Waals surface area contributed by atoms with Gasteiger partial charge in [-0.3, -0.25) is 14.8 Å². The lowest BCUT2D eigenvalue weighted by Gasteiger charge is -2.33. The maximum atomic E-state index is 12.7. The number of pyridine rings is 2. The predicted octanol–water partition coefficient (Wildman–Crippen LogP) is 3.72. The SMILES string of the molecule is O=C(c1ccncc1)N1CCCC(Cc2cccc3ncccc23)C1. The molecule has 1 aliphatic rings. The Bertz CT molecular complexity index is 873. The van der Waals surface area contributed by atoms with Crippen LogP contribution in [0.25, 0.3) is 10.9 Å². The quantitative estimate of drug-likeness (QED) is 0.735. The second kappa shape index (κ2) is 7.01. The number of hydrogen-bond donors (Lipinski definition) is 0. The van der Waals surface area contributed by atoms with Crippen LogP contribution in [0.15, 0.2) is 61.1 Å². The third kappa shape index (κ3) is 3.38. The molecule has 4 heteroatoms. The van der Waals surface area contributed by atoms with Crippen LogP contribution in [-0.4, -0.2) is 33.9 Å². The Labute approximate surface area is 147 Å². The minimum absolute atomic E-state index is 0.117. The van der Waals surface area contributed by atoms with E-state index in [1.807, 2.05) is 17.2 Å². The average molecular weight is 331 g/mol. The van der Waals surface area contributed by atoms with Gasteiger partial charge in [0.15, 0.2) is 0 Å². The van der Waals surface area contributed by atoms with Crippen LogP contribution in [0.5, 0.6) is 0 Å². The lowest BCUT2D eigenvalue weighted by Crippen LogP contribution is -2.40. The Morgan fingerprint density at radius 2 is 1.96 bits per heavy atom. The highest BCUT2D eigenvalue weighted by Crippen LogP contribution is 2.25. The smallest absolute Gasteiger partial charge is 0.253 e. The monoisotopic (exact) mass is 331 g/mol. The molecule has 3 heterocycles. The number of fused-ring (bicyclic) bond motifs is 1. The van der Waals surface area contributed by atoms with Gasteiger partial charge >= 0.3 is 0 Å². The second-order valence-electron chi connectivity index (χ2n) is 6.69. The fourth-order valence-electron chi connectivity index (χ4n) is 3.75. The Hall–Kier alpha value is -2.75. The molecule has 1 aliphatic heterocycles. The van der Waals surface area contributed by atoms with Gasteiger partial charge in [-0.1, -0.05) is 18.2 Å². The Kier molecular flexibility index (Phi) is 4.42. The van der Waals surface area contributed by atoms with Gasteiger partial charge in [-0.2, -0.15) is 0 Å². The molecule has 1 fully saturated rings. The molecule has 0 radical (unpaired) electrons. The third-order valence-corrected chi connectivity index (χ3v) is 4.98. The molecule has 0 saturated carbocycles. The summed E-state index contributed by atoms with van der Waals surface area (Å²) in [5.41, 5.74) is 3.10. The molecular weight excluding hydrogens is 310 g/mol. The van der Waals surface area contributed by atoms with Crippen molar-refractivity contribution in [2.45, 2.75) is 19.3 Å². The summed E-state index contributed by atoms with van der Waals surface area (Å²) in [6.45, 7) is 1.66. The van der Waals surface area contributed by atoms with Crippen molar-refractivity contribution in [1.29, 1.82) is 0 Å². The molecule has 2 aromatic heterocycles. The molecule has 126 valence electrons. The first-order valence-corrected chi connectivity index (χ1v) is 8.83. The van der Waals surface area contributed by atoms with E-state index in [1.165, 1.54) is 10.9 Å². The highest BCUT2D eigenvalue weighted by atomic mass is 16.2. The fraction of sp³-hybridized carbons (Fsp3) is 0.286. The maximum absolute atomic E-state index is 12.7. The summed E-state index contributed by atoms with van der Waals surface area (Å²) in [4.78, 5) is 23.1. The van der Waals surface area contributed by atoms with Gasteiger partial charge in [-0.15, -0.1) is 0 Å². The van der Waals surface area contributed by atoms with Crippen molar-refractivity contribution in [2.75, 3.05) is 13.1 Å². The van der Waals surface area contributed by atoms with Crippen molar-refractivity contribution in [2.24, 2.45) is 5.92 Å². The number of carbonyl (C=O) groups is 1. The first kappa shape index (κ1) is 15.8. The van der Waals surface area contributed by atoms with Gasteiger partial charge in [-0.25, -0.2) is 0 Å². The number of rotatable bonds is 3. The van der Waals surface area contributed by atoms with Crippen molar-refractivity contribution >= 4 is 16.8 Å². The molecule has 0 bridgehead atoms. The number of amides is 1. The third-order valence-electron chi connectivity index (χ3n) is 4.98. The van der Waals surface area contributed by atoms with Gasteiger partial charge in [0.05, 0.1) is 5.52 Å². The molecule has 0 N–H and O–H groups in total. The van der Waals surface area contributed by atoms with Crippen molar-refractivity contribution < 1.29 is 4.79 Å². The van der Waals surface area contributed by atoms with Crippen LogP contribution in [0.1, 0.15) is 28.8 Å². The van der Waals surface area contributed by atoms with Crippen molar-refractivity contribution in [3.63, 3.8) is 0 Å². The zero-order chi connectivity index (χ0) is 17.1. The molecule has 1 saturated heterocycles. The van der Waals surface area contributed by atoms with E-state index in [-0.39, 0.29) is 5.91 Å². The summed E-state index contributed by atoms with van der Waals surface area (Å²) in [6.07, 6.45) is 8.40. The molecule has 1 atom stereocenters. The van der Waals surface area contributed by atoms with E-state index in [9.17, 15) is 4.79 Å². The molecule has 25 heavy (non-hydrogen) atoms. The molecule has 1 amide bonds. The van der Waals surface area contributed by atoms with E-state index in [0.29, 0.717) is 5.92 Å². The van der Waals surface area contributed by atoms with Gasteiger partial charge in [0.1, 0.15) is 0 Å². The van der Waals surface area contributed by atoms with E-state index in [1.54, 1.807) is 24.5 Å². The number of likely N-dealkylation sites (tertiary alicyclic amines) is 1. The molecule has 0 aliphatic carbocycles. The Balaban J connectivity index is 1.51. The lowest BCUT2D eigenvalue weighted by molar-refractivity contribution is 0.0673. The van der Waals surface area contributed by atoms with Gasteiger partial charge in [-0.05, 0) is 55.0 Å². The number of nitrogens with zero attached hydrogens (tertiary/aromatic N) is 3. The first-order valence-electron chi connectivity index (χ1n) is 8.83. The summed E-state index contributed by atoms with van der Waals surface area (Å²) in [6, 6.07) is 14.0. The minimum Gasteiger partial charge on any atom is -0.338 e. The summed E-state index contributed by atoms with van der Waals surface area (Å²) in [5, 5.41) is 1.22. The number of carbonyl (C=O) groups excluding carboxylic acids is 1. The van der Waals surface area contributed by atoms with Gasteiger partial charge in [0.2, 0.25) is 0 Å². The minimum atomic E-state index is 0.117. The molecule has 0 spiro atoms. The fourth-order valence-corrected chi connectivity index (χ4v) is 3.75. The standard InChI is InChI=1S/C21H21N3O/c25-21(17-8-11-22-12-9-17)24-13-3-4-16(15-24)14-18-5-1-7-20-19(18)6-2-10-23-20/h1-2,5-12,16H,3-4,13-15H2. The summed E-state index contributed by atoms with van der Waals surface area (Å²) < 4.78 is 0. The highest BCUT2D eigenvalue weighted by molar-refractivity contribution is 5.94. The first-order chi connectivity index (χ1) is 12.3. The van der Waals surface area contributed by atoms with Crippen molar-refractivity contribution in [3.05, 3.63) is 72.2 Å². The molecule has 3 aromatic rings. The van der Waals surface area contributed by atoms with E-state index in [0.717, 1.165) is 43.4 Å². The summed E-state index contributed by atoms with van der Waals surface area (Å²) in [5.74, 6) is 0.608. The second-order valence-corrected chi connectivity index (χ2v) is 6.69. The van der Waals surface area contributed by atoms with Crippen LogP contribution in [0.4, 0.5) is 0 Å². The van der Waals surface area contributed by atoms with Gasteiger partial charge in [0.25, 0.3) is 5.91 Å². The van der Waals surface area contributed by atoms with Crippen LogP contribution >= 0.6 is 0 Å². The van der Waals surface area contributed by atoms with Crippen LogP contribution in [-0.2, 0) is 6.42 Å². The van der Waals surface area contributed by atoms with Crippen molar-refractivity contribution in [1.82, 2.24) is 14.9 Å². The van der Waals surface area contributed by atoms with E-state index in [2.05, 4.69) is 34.2 Å². The molecular formula is C21H21N3O. The number of benzene rings is 1. The zero-order valence-corrected chi connectivity index (χ0v) is 14.1. The van der Waals surface area contributed by atoms with E-state index in [4.69, 9.17) is 0 Å². The van der Waals surface area contributed by atoms with Crippen LogP contribution < -0.4 is 0 Å². The summed E-state index contributed by atoms with van der Waals surface area (Å²) in [7, 11) is 0. The average Bonchev–Trinajstić information content (AvgIpc) is 2.69. The zero-order valence-electron chi connectivity index (χ0n) is 14.1. The highest BCUT2D eigenvalue weighted by Gasteiger charge is 2.25. The molecule has 4 nitrogen and oxygen atoms in total. The topological polar surface area (TPSA) is 46.1 Å². The lowest BCUT2D eigenvalue weighted by atomic mass is 9.89. The molecule has 1 aromatic carbocycles. The largest absolute Gasteiger partial charge is 0.338 e. The van der Waals surface area contributed by atoms with Gasteiger partial charge in [0, 0.05) is 42.6 Å². The van der Waals surface area contributed by atoms with E-state index >= 15 is 0 Å². The molecule has 1 unspecified atom stereocenters. The number of piperidine rings is 1.